The van der Waals surface area contributed by atoms with Crippen LogP contribution in [0.2, 0.25) is 0 Å². The van der Waals surface area contributed by atoms with Gasteiger partial charge in [0.2, 0.25) is 0 Å². The van der Waals surface area contributed by atoms with Crippen molar-refractivity contribution >= 4 is 5.96 Å². The molecule has 0 aliphatic carbocycles. The predicted molar refractivity (Wildman–Crippen MR) is 87.3 cm³/mol. The van der Waals surface area contributed by atoms with E-state index in [1.54, 1.807) is 7.05 Å². The Morgan fingerprint density at radius 1 is 1.15 bits per heavy atom. The second-order valence-electron chi connectivity index (χ2n) is 5.80. The van der Waals surface area contributed by atoms with E-state index in [9.17, 15) is 0 Å². The molecule has 0 atom stereocenters. The van der Waals surface area contributed by atoms with Crippen LogP contribution in [0.3, 0.4) is 0 Å². The molecule has 0 radical (unpaired) electrons. The fourth-order valence-electron chi connectivity index (χ4n) is 1.65. The Kier molecular flexibility index (Phi) is 6.52. The number of hydrogen-bond donors (Lipinski definition) is 2. The van der Waals surface area contributed by atoms with Crippen LogP contribution in [0.1, 0.15) is 19.4 Å². The van der Waals surface area contributed by atoms with Crippen LogP contribution in [-0.2, 0) is 6.42 Å². The van der Waals surface area contributed by atoms with E-state index in [2.05, 4.69) is 72.7 Å². The maximum Gasteiger partial charge on any atom is 0.191 e. The summed E-state index contributed by atoms with van der Waals surface area (Å²) >= 11 is 0. The average molecular weight is 276 g/mol. The molecular formula is C16H28N4. The first-order valence-electron chi connectivity index (χ1n) is 7.11. The Morgan fingerprint density at radius 2 is 1.80 bits per heavy atom. The Hall–Kier alpha value is -1.55. The van der Waals surface area contributed by atoms with Crippen LogP contribution >= 0.6 is 0 Å². The van der Waals surface area contributed by atoms with Gasteiger partial charge in [0, 0.05) is 25.7 Å². The standard InChI is InChI=1S/C16H28N4/c1-16(2,20(4)5)13-19-15(17-3)18-12-11-14-9-7-6-8-10-14/h6-10H,11-13H2,1-5H3,(H2,17,18,19). The molecule has 0 saturated heterocycles. The van der Waals surface area contributed by atoms with E-state index >= 15 is 0 Å². The molecule has 0 saturated carbocycles. The van der Waals surface area contributed by atoms with Gasteiger partial charge in [-0.1, -0.05) is 30.3 Å². The molecule has 4 heteroatoms. The summed E-state index contributed by atoms with van der Waals surface area (Å²) in [5, 5.41) is 6.72. The summed E-state index contributed by atoms with van der Waals surface area (Å²) in [6.07, 6.45) is 0.999. The van der Waals surface area contributed by atoms with Gasteiger partial charge in [-0.2, -0.15) is 0 Å². The maximum atomic E-state index is 4.26. The minimum atomic E-state index is 0.0943. The molecule has 4 nitrogen and oxygen atoms in total. The van der Waals surface area contributed by atoms with Gasteiger partial charge in [-0.05, 0) is 39.9 Å². The van der Waals surface area contributed by atoms with Gasteiger partial charge in [-0.25, -0.2) is 0 Å². The van der Waals surface area contributed by atoms with E-state index in [0.29, 0.717) is 0 Å². The van der Waals surface area contributed by atoms with Crippen LogP contribution in [0.4, 0.5) is 0 Å². The predicted octanol–water partition coefficient (Wildman–Crippen LogP) is 1.73. The van der Waals surface area contributed by atoms with E-state index in [0.717, 1.165) is 25.5 Å². The lowest BCUT2D eigenvalue weighted by atomic mass is 10.0. The van der Waals surface area contributed by atoms with Crippen LogP contribution in [0.15, 0.2) is 35.3 Å². The zero-order chi connectivity index (χ0) is 15.0. The van der Waals surface area contributed by atoms with Gasteiger partial charge >= 0.3 is 0 Å². The van der Waals surface area contributed by atoms with E-state index in [4.69, 9.17) is 0 Å². The summed E-state index contributed by atoms with van der Waals surface area (Å²) in [5.74, 6) is 0.857. The lowest BCUT2D eigenvalue weighted by Gasteiger charge is -2.33. The highest BCUT2D eigenvalue weighted by molar-refractivity contribution is 5.79. The molecule has 0 fully saturated rings. The number of rotatable bonds is 6. The third kappa shape index (κ3) is 5.61. The van der Waals surface area contributed by atoms with Gasteiger partial charge in [0.15, 0.2) is 5.96 Å². The normalized spacial score (nSPS) is 12.6. The fourth-order valence-corrected chi connectivity index (χ4v) is 1.65. The molecule has 0 unspecified atom stereocenters. The Balaban J connectivity index is 2.34. The Morgan fingerprint density at radius 3 is 2.35 bits per heavy atom. The highest BCUT2D eigenvalue weighted by atomic mass is 15.2. The highest BCUT2D eigenvalue weighted by Crippen LogP contribution is 2.07. The van der Waals surface area contributed by atoms with Gasteiger partial charge in [0.05, 0.1) is 0 Å². The average Bonchev–Trinajstić information content (AvgIpc) is 2.43. The van der Waals surface area contributed by atoms with Gasteiger partial charge in [0.25, 0.3) is 0 Å². The van der Waals surface area contributed by atoms with Crippen molar-refractivity contribution in [3.63, 3.8) is 0 Å². The van der Waals surface area contributed by atoms with Gasteiger partial charge in [-0.3, -0.25) is 4.99 Å². The summed E-state index contributed by atoms with van der Waals surface area (Å²) in [6.45, 7) is 6.14. The van der Waals surface area contributed by atoms with E-state index < -0.39 is 0 Å². The molecule has 2 N–H and O–H groups in total. The minimum Gasteiger partial charge on any atom is -0.356 e. The summed E-state index contributed by atoms with van der Waals surface area (Å²) in [6, 6.07) is 10.5. The summed E-state index contributed by atoms with van der Waals surface area (Å²) in [5.41, 5.74) is 1.43. The topological polar surface area (TPSA) is 39.7 Å². The molecule has 1 aromatic carbocycles. The van der Waals surface area contributed by atoms with Crippen molar-refractivity contribution in [2.24, 2.45) is 4.99 Å². The van der Waals surface area contributed by atoms with Crippen LogP contribution in [-0.4, -0.2) is 50.6 Å². The smallest absolute Gasteiger partial charge is 0.191 e. The van der Waals surface area contributed by atoms with Gasteiger partial charge < -0.3 is 15.5 Å². The van der Waals surface area contributed by atoms with Gasteiger partial charge in [-0.15, -0.1) is 0 Å². The number of nitrogens with one attached hydrogen (secondary N) is 2. The largest absolute Gasteiger partial charge is 0.356 e. The van der Waals surface area contributed by atoms with Crippen LogP contribution in [0.25, 0.3) is 0 Å². The minimum absolute atomic E-state index is 0.0943. The molecule has 0 spiro atoms. The number of aliphatic imine (C=N–C) groups is 1. The van der Waals surface area contributed by atoms with Crippen molar-refractivity contribution in [1.82, 2.24) is 15.5 Å². The number of likely N-dealkylation sites (N-methyl/N-ethyl adjacent to an activating group) is 1. The molecule has 1 rings (SSSR count). The number of hydrogen-bond acceptors (Lipinski definition) is 2. The fraction of sp³-hybridized carbons (Fsp3) is 0.562. The SMILES string of the molecule is CN=C(NCCc1ccccc1)NCC(C)(C)N(C)C. The van der Waals surface area contributed by atoms with Crippen molar-refractivity contribution in [1.29, 1.82) is 0 Å². The second kappa shape index (κ2) is 7.90. The first kappa shape index (κ1) is 16.5. The van der Waals surface area contributed by atoms with Gasteiger partial charge in [0.1, 0.15) is 0 Å². The van der Waals surface area contributed by atoms with Crippen molar-refractivity contribution in [3.8, 4) is 0 Å². The van der Waals surface area contributed by atoms with Crippen molar-refractivity contribution in [2.75, 3.05) is 34.2 Å². The molecule has 1 aromatic rings. The molecule has 0 aliphatic rings. The number of benzene rings is 1. The summed E-state index contributed by atoms with van der Waals surface area (Å²) in [7, 11) is 5.99. The van der Waals surface area contributed by atoms with E-state index in [1.165, 1.54) is 5.56 Å². The van der Waals surface area contributed by atoms with Crippen LogP contribution in [0, 0.1) is 0 Å². The molecule has 0 amide bonds. The molecule has 0 aromatic heterocycles. The molecule has 112 valence electrons. The van der Waals surface area contributed by atoms with Crippen LogP contribution < -0.4 is 10.6 Å². The van der Waals surface area contributed by atoms with Crippen LogP contribution in [0.5, 0.6) is 0 Å². The molecule has 0 bridgehead atoms. The Bertz CT molecular complexity index is 410. The molecular weight excluding hydrogens is 248 g/mol. The quantitative estimate of drug-likeness (QED) is 0.614. The molecule has 0 heterocycles. The van der Waals surface area contributed by atoms with Crippen molar-refractivity contribution in [2.45, 2.75) is 25.8 Å². The summed E-state index contributed by atoms with van der Waals surface area (Å²) in [4.78, 5) is 6.46. The first-order chi connectivity index (χ1) is 9.45. The first-order valence-corrected chi connectivity index (χ1v) is 7.11. The Labute approximate surface area is 123 Å². The molecule has 20 heavy (non-hydrogen) atoms. The van der Waals surface area contributed by atoms with E-state index in [1.807, 2.05) is 6.07 Å². The lowest BCUT2D eigenvalue weighted by Crippen LogP contribution is -2.51. The second-order valence-corrected chi connectivity index (χ2v) is 5.80. The third-order valence-corrected chi connectivity index (χ3v) is 3.67. The lowest BCUT2D eigenvalue weighted by molar-refractivity contribution is 0.197. The maximum absolute atomic E-state index is 4.26. The summed E-state index contributed by atoms with van der Waals surface area (Å²) < 4.78 is 0. The monoisotopic (exact) mass is 276 g/mol. The number of guanidine groups is 1. The van der Waals surface area contributed by atoms with E-state index in [-0.39, 0.29) is 5.54 Å². The van der Waals surface area contributed by atoms with Crippen molar-refractivity contribution in [3.05, 3.63) is 35.9 Å². The molecule has 0 aliphatic heterocycles. The third-order valence-electron chi connectivity index (χ3n) is 3.67. The number of nitrogens with zero attached hydrogens (tertiary/aromatic N) is 2. The highest BCUT2D eigenvalue weighted by Gasteiger charge is 2.20. The van der Waals surface area contributed by atoms with Crippen molar-refractivity contribution < 1.29 is 0 Å². The zero-order valence-electron chi connectivity index (χ0n) is 13.4. The zero-order valence-corrected chi connectivity index (χ0v) is 13.4.